The molecule has 14 nitrogen and oxygen atoms in total. The third kappa shape index (κ3) is 6.44. The highest BCUT2D eigenvalue weighted by Gasteiger charge is 2.54. The Labute approximate surface area is 309 Å². The number of fused-ring (bicyclic) bond motifs is 2. The summed E-state index contributed by atoms with van der Waals surface area (Å²) in [4.78, 5) is 53.4. The van der Waals surface area contributed by atoms with Gasteiger partial charge in [0.15, 0.2) is 35.2 Å². The van der Waals surface area contributed by atoms with Crippen molar-refractivity contribution in [2.75, 3.05) is 43.1 Å². The molecule has 0 unspecified atom stereocenters. The van der Waals surface area contributed by atoms with Gasteiger partial charge in [-0.05, 0) is 25.0 Å². The zero-order valence-corrected chi connectivity index (χ0v) is 30.4. The molecule has 4 aliphatic heterocycles. The van der Waals surface area contributed by atoms with E-state index in [1.54, 1.807) is 6.07 Å². The van der Waals surface area contributed by atoms with Gasteiger partial charge in [0.2, 0.25) is 5.91 Å². The fourth-order valence-electron chi connectivity index (χ4n) is 7.01. The summed E-state index contributed by atoms with van der Waals surface area (Å²) in [7, 11) is 1.27. The first-order valence-electron chi connectivity index (χ1n) is 16.1. The van der Waals surface area contributed by atoms with Crippen molar-refractivity contribution in [3.8, 4) is 0 Å². The average Bonchev–Trinajstić information content (AvgIpc) is 3.91. The highest BCUT2D eigenvalue weighted by molar-refractivity contribution is 8.00. The summed E-state index contributed by atoms with van der Waals surface area (Å²) in [5, 5.41) is 22.4. The number of halogens is 3. The first kappa shape index (κ1) is 35.2. The van der Waals surface area contributed by atoms with Crippen LogP contribution in [0.5, 0.6) is 0 Å². The molecular formula is C32H33Cl2FN9O5S2+. The molecule has 19 heteroatoms. The fraction of sp³-hybridized carbons (Fsp3) is 0.406. The summed E-state index contributed by atoms with van der Waals surface area (Å²) in [6.45, 7) is 3.12. The molecule has 0 saturated carbocycles. The van der Waals surface area contributed by atoms with Crippen LogP contribution in [-0.2, 0) is 38.9 Å². The number of hydrogen-bond donors (Lipinski definition) is 3. The Hall–Kier alpha value is -4.19. The second-order valence-electron chi connectivity index (χ2n) is 12.5. The fourth-order valence-corrected chi connectivity index (χ4v) is 9.61. The van der Waals surface area contributed by atoms with E-state index in [1.807, 2.05) is 31.4 Å². The van der Waals surface area contributed by atoms with Gasteiger partial charge in [0, 0.05) is 60.1 Å². The Bertz CT molecular complexity index is 2010. The van der Waals surface area contributed by atoms with Crippen LogP contribution in [0.2, 0.25) is 9.36 Å². The van der Waals surface area contributed by atoms with Crippen LogP contribution < -0.4 is 15.3 Å². The number of nitrogens with zero attached hydrogens (tertiary/aromatic N) is 7. The summed E-state index contributed by atoms with van der Waals surface area (Å²) in [5.74, 6) is -2.08. The minimum absolute atomic E-state index is 0.0649. The van der Waals surface area contributed by atoms with Crippen LogP contribution in [0.3, 0.4) is 0 Å². The molecule has 1 amide bonds. The number of nitrogens with one attached hydrogen (secondary N) is 1. The molecule has 1 aromatic carbocycles. The van der Waals surface area contributed by atoms with Crippen LogP contribution in [0.25, 0.3) is 0 Å². The molecule has 3 aromatic rings. The number of amides is 1. The third-order valence-corrected chi connectivity index (χ3v) is 12.3. The van der Waals surface area contributed by atoms with Gasteiger partial charge >= 0.3 is 5.97 Å². The zero-order valence-electron chi connectivity index (χ0n) is 27.3. The maximum Gasteiger partial charge on any atom is 0.352 e. The SMILES string of the molecule is CO/N=C(\C(=O)C[C@@H]1C(=O)N2C(C(=O)O)=C(C[n+]3ccc4n3CCN4Cc3c(F)cc(C(=N)N4CCCC4)cc3Cl)CS[C@H]12)c1nc(N)sc1Cl. The van der Waals surface area contributed by atoms with E-state index in [4.69, 9.17) is 39.2 Å². The van der Waals surface area contributed by atoms with E-state index in [1.165, 1.54) is 29.8 Å². The number of Topliss-reactive ketones (excluding diaryl/α,β-unsaturated/α-hetero) is 1. The number of hydrogen-bond acceptors (Lipinski definition) is 11. The maximum absolute atomic E-state index is 15.4. The van der Waals surface area contributed by atoms with Crippen molar-refractivity contribution >= 4 is 86.5 Å². The predicted molar refractivity (Wildman–Crippen MR) is 191 cm³/mol. The maximum atomic E-state index is 15.4. The lowest BCUT2D eigenvalue weighted by atomic mass is 9.89. The molecule has 2 atom stereocenters. The number of aliphatic carboxylic acids is 1. The molecule has 6 heterocycles. The van der Waals surface area contributed by atoms with E-state index in [9.17, 15) is 19.5 Å². The smallest absolute Gasteiger partial charge is 0.352 e. The van der Waals surface area contributed by atoms with E-state index in [0.717, 1.165) is 43.1 Å². The lowest BCUT2D eigenvalue weighted by molar-refractivity contribution is -0.766. The monoisotopic (exact) mass is 776 g/mol. The van der Waals surface area contributed by atoms with Crippen LogP contribution in [-0.4, -0.2) is 91.6 Å². The van der Waals surface area contributed by atoms with E-state index < -0.39 is 34.8 Å². The minimum Gasteiger partial charge on any atom is -0.477 e. The van der Waals surface area contributed by atoms with Gasteiger partial charge in [0.25, 0.3) is 0 Å². The van der Waals surface area contributed by atoms with Crippen molar-refractivity contribution in [3.05, 3.63) is 67.7 Å². The Morgan fingerprint density at radius 2 is 2.00 bits per heavy atom. The van der Waals surface area contributed by atoms with E-state index in [2.05, 4.69) is 10.1 Å². The second-order valence-corrected chi connectivity index (χ2v) is 15.6. The summed E-state index contributed by atoms with van der Waals surface area (Å²) in [5.41, 5.74) is 6.88. The van der Waals surface area contributed by atoms with Crippen LogP contribution in [0.4, 0.5) is 15.3 Å². The number of amidine groups is 1. The average molecular weight is 778 g/mol. The number of rotatable bonds is 11. The number of oxime groups is 1. The molecule has 4 aliphatic rings. The normalized spacial score (nSPS) is 20.1. The number of ketones is 1. The molecule has 4 N–H and O–H groups in total. The van der Waals surface area contributed by atoms with Crippen molar-refractivity contribution in [1.29, 1.82) is 5.41 Å². The Morgan fingerprint density at radius 1 is 1.24 bits per heavy atom. The molecule has 2 fully saturated rings. The number of aromatic nitrogens is 3. The second kappa shape index (κ2) is 14.1. The highest BCUT2D eigenvalue weighted by Crippen LogP contribution is 2.45. The Kier molecular flexibility index (Phi) is 9.73. The van der Waals surface area contributed by atoms with Crippen molar-refractivity contribution in [2.45, 2.75) is 44.3 Å². The van der Waals surface area contributed by atoms with Crippen molar-refractivity contribution in [1.82, 2.24) is 19.5 Å². The van der Waals surface area contributed by atoms with E-state index in [-0.39, 0.29) is 56.9 Å². The van der Waals surface area contributed by atoms with E-state index in [0.29, 0.717) is 35.5 Å². The molecule has 7 rings (SSSR count). The highest BCUT2D eigenvalue weighted by atomic mass is 35.5. The number of β-lactam (4-membered cyclic amide) rings is 1. The van der Waals surface area contributed by atoms with E-state index >= 15 is 4.39 Å². The summed E-state index contributed by atoms with van der Waals surface area (Å²) in [6, 6.07) is 4.91. The molecule has 2 saturated heterocycles. The largest absolute Gasteiger partial charge is 0.477 e. The number of thiazole rings is 1. The summed E-state index contributed by atoms with van der Waals surface area (Å²) >= 11 is 15.1. The van der Waals surface area contributed by atoms with Crippen molar-refractivity contribution in [3.63, 3.8) is 0 Å². The molecule has 51 heavy (non-hydrogen) atoms. The van der Waals surface area contributed by atoms with Gasteiger partial charge in [-0.3, -0.25) is 19.9 Å². The van der Waals surface area contributed by atoms with Crippen LogP contribution in [0, 0.1) is 17.1 Å². The molecule has 268 valence electrons. The van der Waals surface area contributed by atoms with Gasteiger partial charge in [-0.1, -0.05) is 39.7 Å². The summed E-state index contributed by atoms with van der Waals surface area (Å²) in [6.07, 6.45) is 3.60. The van der Waals surface area contributed by atoms with Gasteiger partial charge in [-0.2, -0.15) is 0 Å². The Balaban J connectivity index is 1.05. The summed E-state index contributed by atoms with van der Waals surface area (Å²) < 4.78 is 19.4. The number of nitrogen functional groups attached to an aromatic ring is 1. The lowest BCUT2D eigenvalue weighted by Gasteiger charge is -2.49. The number of carbonyl (C=O) groups excluding carboxylic acids is 2. The van der Waals surface area contributed by atoms with Crippen LogP contribution >= 0.6 is 46.3 Å². The number of nitrogens with two attached hydrogens (primary N) is 1. The number of anilines is 2. The van der Waals surface area contributed by atoms with Crippen LogP contribution in [0.15, 0.2) is 40.8 Å². The quantitative estimate of drug-likeness (QED) is 0.0859. The van der Waals surface area contributed by atoms with Gasteiger partial charge in [0.1, 0.15) is 34.5 Å². The number of likely N-dealkylation sites (tertiary alicyclic amines) is 1. The standard InChI is InChI=1S/C32H32Cl2FN9O5S2/c1-49-39-24(25-27(34)51-32(37)38-25)22(45)12-18-29(46)44-26(31(47)48)17(15-50-30(18)44)13-42-7-4-23-41(8-9-43(23)42)14-19-20(33)10-16(11-21(19)35)28(36)40-5-2-3-6-40/h4,7,10-11,18,30,36H,2-3,5-6,8-9,12-15H2,1H3,(H2-,37,38,47,48)/p+1/b36-28?,39-24+/t18-,30-/m1/s1. The molecular weight excluding hydrogens is 744 g/mol. The topological polar surface area (TPSA) is 174 Å². The molecule has 2 aromatic heterocycles. The molecule has 0 aliphatic carbocycles. The van der Waals surface area contributed by atoms with Crippen molar-refractivity contribution in [2.24, 2.45) is 11.1 Å². The number of thioether (sulfide) groups is 1. The number of benzene rings is 1. The van der Waals surface area contributed by atoms with Gasteiger partial charge in [0.05, 0.1) is 23.9 Å². The predicted octanol–water partition coefficient (Wildman–Crippen LogP) is 3.58. The molecule has 0 bridgehead atoms. The Morgan fingerprint density at radius 3 is 2.67 bits per heavy atom. The number of carboxylic acids is 1. The van der Waals surface area contributed by atoms with Gasteiger partial charge in [-0.15, -0.1) is 21.1 Å². The van der Waals surface area contributed by atoms with Crippen LogP contribution in [0.1, 0.15) is 36.1 Å². The first-order valence-corrected chi connectivity index (χ1v) is 18.7. The minimum atomic E-state index is -1.23. The van der Waals surface area contributed by atoms with Crippen molar-refractivity contribution < 1.29 is 33.4 Å². The zero-order chi connectivity index (χ0) is 36.1. The lowest BCUT2D eigenvalue weighted by Crippen LogP contribution is -2.62. The molecule has 0 radical (unpaired) electrons. The number of carbonyl (C=O) groups is 3. The number of carboxylic acid groups (broad SMARTS) is 1. The van der Waals surface area contributed by atoms with Gasteiger partial charge in [-0.25, -0.2) is 14.2 Å². The molecule has 0 spiro atoms. The third-order valence-electron chi connectivity index (χ3n) is 9.45. The van der Waals surface area contributed by atoms with Gasteiger partial charge < -0.3 is 25.5 Å². The first-order chi connectivity index (χ1) is 24.5.